The van der Waals surface area contributed by atoms with Crippen molar-refractivity contribution in [3.63, 3.8) is 0 Å². The number of amides is 3. The van der Waals surface area contributed by atoms with Crippen molar-refractivity contribution < 1.29 is 14.4 Å². The van der Waals surface area contributed by atoms with Gasteiger partial charge in [0.15, 0.2) is 0 Å². The molecular formula is C18H20BrN3O3. The van der Waals surface area contributed by atoms with Crippen LogP contribution in [-0.4, -0.2) is 60.2 Å². The van der Waals surface area contributed by atoms with E-state index in [1.54, 1.807) is 16.8 Å². The van der Waals surface area contributed by atoms with E-state index in [0.29, 0.717) is 25.1 Å². The average Bonchev–Trinajstić information content (AvgIpc) is 3.25. The number of likely N-dealkylation sites (tertiary alicyclic amines) is 1. The Labute approximate surface area is 154 Å². The number of carbonyl (C=O) groups is 3. The molecule has 2 aliphatic heterocycles. The Morgan fingerprint density at radius 3 is 2.76 bits per heavy atom. The van der Waals surface area contributed by atoms with Crippen LogP contribution >= 0.6 is 15.9 Å². The van der Waals surface area contributed by atoms with Gasteiger partial charge in [0.05, 0.1) is 12.6 Å². The van der Waals surface area contributed by atoms with Gasteiger partial charge in [-0.2, -0.15) is 0 Å². The van der Waals surface area contributed by atoms with Crippen LogP contribution in [0.5, 0.6) is 0 Å². The number of benzene rings is 1. The third-order valence-corrected chi connectivity index (χ3v) is 5.95. The first kappa shape index (κ1) is 16.6. The summed E-state index contributed by atoms with van der Waals surface area (Å²) in [6.07, 6.45) is 2.42. The van der Waals surface area contributed by atoms with Gasteiger partial charge in [-0.15, -0.1) is 0 Å². The standard InChI is InChI=1S/C18H20BrN3O3/c1-21-8-12(7-16(21)24)20-15(23)9-22-10-18(4-5-18)14-6-11(19)2-3-13(14)17(22)25/h2-3,6,12H,4-5,7-10H2,1H3,(H,20,23). The summed E-state index contributed by atoms with van der Waals surface area (Å²) in [5, 5.41) is 2.89. The second kappa shape index (κ2) is 5.83. The molecule has 1 aromatic carbocycles. The summed E-state index contributed by atoms with van der Waals surface area (Å²) in [7, 11) is 1.73. The van der Waals surface area contributed by atoms with Crippen molar-refractivity contribution in [1.29, 1.82) is 0 Å². The summed E-state index contributed by atoms with van der Waals surface area (Å²) in [6.45, 7) is 1.16. The fraction of sp³-hybridized carbons (Fsp3) is 0.500. The quantitative estimate of drug-likeness (QED) is 0.823. The van der Waals surface area contributed by atoms with E-state index >= 15 is 0 Å². The molecule has 4 rings (SSSR count). The number of likely N-dealkylation sites (N-methyl/N-ethyl adjacent to an activating group) is 1. The van der Waals surface area contributed by atoms with Crippen LogP contribution < -0.4 is 5.32 Å². The maximum atomic E-state index is 12.8. The van der Waals surface area contributed by atoms with Crippen molar-refractivity contribution in [2.75, 3.05) is 26.7 Å². The number of nitrogens with one attached hydrogen (secondary N) is 1. The fourth-order valence-corrected chi connectivity index (χ4v) is 4.31. The smallest absolute Gasteiger partial charge is 0.254 e. The van der Waals surface area contributed by atoms with Gasteiger partial charge >= 0.3 is 0 Å². The second-order valence-electron chi connectivity index (χ2n) is 7.37. The number of carbonyl (C=O) groups excluding carboxylic acids is 3. The first-order chi connectivity index (χ1) is 11.9. The topological polar surface area (TPSA) is 69.7 Å². The van der Waals surface area contributed by atoms with E-state index in [1.807, 2.05) is 18.2 Å². The van der Waals surface area contributed by atoms with Crippen molar-refractivity contribution in [3.8, 4) is 0 Å². The molecule has 3 aliphatic rings. The number of rotatable bonds is 3. The van der Waals surface area contributed by atoms with E-state index in [9.17, 15) is 14.4 Å². The van der Waals surface area contributed by atoms with Gasteiger partial charge in [0.25, 0.3) is 5.91 Å². The molecule has 1 unspecified atom stereocenters. The lowest BCUT2D eigenvalue weighted by molar-refractivity contribution is -0.126. The van der Waals surface area contributed by atoms with Crippen LogP contribution in [0, 0.1) is 0 Å². The zero-order valence-corrected chi connectivity index (χ0v) is 15.6. The highest BCUT2D eigenvalue weighted by Crippen LogP contribution is 2.52. The van der Waals surface area contributed by atoms with Crippen LogP contribution in [0.15, 0.2) is 22.7 Å². The van der Waals surface area contributed by atoms with Crippen molar-refractivity contribution in [2.45, 2.75) is 30.7 Å². The molecule has 0 radical (unpaired) electrons. The molecule has 2 heterocycles. The normalized spacial score (nSPS) is 23.8. The number of nitrogens with zero attached hydrogens (tertiary/aromatic N) is 2. The van der Waals surface area contributed by atoms with Crippen LogP contribution in [-0.2, 0) is 15.0 Å². The van der Waals surface area contributed by atoms with Crippen LogP contribution in [0.25, 0.3) is 0 Å². The molecule has 7 heteroatoms. The molecule has 0 aromatic heterocycles. The SMILES string of the molecule is CN1CC(NC(=O)CN2CC3(CC3)c3cc(Br)ccc3C2=O)CC1=O. The predicted molar refractivity (Wildman–Crippen MR) is 95.1 cm³/mol. The van der Waals surface area contributed by atoms with E-state index < -0.39 is 0 Å². The third kappa shape index (κ3) is 2.94. The minimum absolute atomic E-state index is 0.0108. The molecule has 1 saturated heterocycles. The maximum absolute atomic E-state index is 12.8. The first-order valence-electron chi connectivity index (χ1n) is 8.51. The highest BCUT2D eigenvalue weighted by Gasteiger charge is 2.51. The summed E-state index contributed by atoms with van der Waals surface area (Å²) in [6, 6.07) is 5.59. The zero-order chi connectivity index (χ0) is 17.8. The van der Waals surface area contributed by atoms with Gasteiger partial charge in [-0.3, -0.25) is 14.4 Å². The Morgan fingerprint density at radius 1 is 1.36 bits per heavy atom. The lowest BCUT2D eigenvalue weighted by Crippen LogP contribution is -2.49. The molecular weight excluding hydrogens is 386 g/mol. The van der Waals surface area contributed by atoms with Crippen molar-refractivity contribution in [3.05, 3.63) is 33.8 Å². The van der Waals surface area contributed by atoms with Crippen molar-refractivity contribution in [2.24, 2.45) is 0 Å². The van der Waals surface area contributed by atoms with Crippen LogP contribution in [0.3, 0.4) is 0 Å². The number of hydrogen-bond acceptors (Lipinski definition) is 3. The molecule has 1 saturated carbocycles. The Hall–Kier alpha value is -1.89. The molecule has 1 aromatic rings. The van der Waals surface area contributed by atoms with Gasteiger partial charge in [0, 0.05) is 42.0 Å². The number of halogens is 1. The summed E-state index contributed by atoms with van der Waals surface area (Å²) in [4.78, 5) is 40.0. The van der Waals surface area contributed by atoms with Gasteiger partial charge in [-0.1, -0.05) is 15.9 Å². The minimum atomic E-state index is -0.196. The number of hydrogen-bond donors (Lipinski definition) is 1. The van der Waals surface area contributed by atoms with E-state index in [4.69, 9.17) is 0 Å². The summed E-state index contributed by atoms with van der Waals surface area (Å²) < 4.78 is 0.978. The predicted octanol–water partition coefficient (Wildman–Crippen LogP) is 1.28. The monoisotopic (exact) mass is 405 g/mol. The molecule has 1 N–H and O–H groups in total. The first-order valence-corrected chi connectivity index (χ1v) is 9.30. The van der Waals surface area contributed by atoms with Crippen molar-refractivity contribution in [1.82, 2.24) is 15.1 Å². The van der Waals surface area contributed by atoms with Gasteiger partial charge in [0.1, 0.15) is 0 Å². The third-order valence-electron chi connectivity index (χ3n) is 5.46. The lowest BCUT2D eigenvalue weighted by atomic mass is 9.86. The van der Waals surface area contributed by atoms with Crippen molar-refractivity contribution >= 4 is 33.7 Å². The van der Waals surface area contributed by atoms with Gasteiger partial charge in [-0.25, -0.2) is 0 Å². The van der Waals surface area contributed by atoms with E-state index in [0.717, 1.165) is 22.9 Å². The molecule has 3 amide bonds. The van der Waals surface area contributed by atoms with Gasteiger partial charge < -0.3 is 15.1 Å². The number of fused-ring (bicyclic) bond motifs is 2. The highest BCUT2D eigenvalue weighted by molar-refractivity contribution is 9.10. The largest absolute Gasteiger partial charge is 0.350 e. The fourth-order valence-electron chi connectivity index (χ4n) is 3.95. The molecule has 25 heavy (non-hydrogen) atoms. The van der Waals surface area contributed by atoms with E-state index in [-0.39, 0.29) is 35.7 Å². The second-order valence-corrected chi connectivity index (χ2v) is 8.29. The molecule has 6 nitrogen and oxygen atoms in total. The molecule has 1 aliphatic carbocycles. The molecule has 2 fully saturated rings. The lowest BCUT2D eigenvalue weighted by Gasteiger charge is -2.34. The van der Waals surface area contributed by atoms with Crippen LogP contribution in [0.2, 0.25) is 0 Å². The highest BCUT2D eigenvalue weighted by atomic mass is 79.9. The summed E-state index contributed by atoms with van der Waals surface area (Å²) in [5.74, 6) is -0.247. The Balaban J connectivity index is 1.47. The minimum Gasteiger partial charge on any atom is -0.350 e. The summed E-state index contributed by atoms with van der Waals surface area (Å²) in [5.41, 5.74) is 1.82. The summed E-state index contributed by atoms with van der Waals surface area (Å²) >= 11 is 3.48. The van der Waals surface area contributed by atoms with Crippen LogP contribution in [0.4, 0.5) is 0 Å². The zero-order valence-electron chi connectivity index (χ0n) is 14.0. The Kier molecular flexibility index (Phi) is 3.86. The average molecular weight is 406 g/mol. The molecule has 1 spiro atoms. The Bertz CT molecular complexity index is 775. The maximum Gasteiger partial charge on any atom is 0.254 e. The van der Waals surface area contributed by atoms with Gasteiger partial charge in [-0.05, 0) is 36.6 Å². The van der Waals surface area contributed by atoms with Crippen LogP contribution in [0.1, 0.15) is 35.2 Å². The van der Waals surface area contributed by atoms with Gasteiger partial charge in [0.2, 0.25) is 11.8 Å². The molecule has 1 atom stereocenters. The Morgan fingerprint density at radius 2 is 2.12 bits per heavy atom. The molecule has 0 bridgehead atoms. The molecule has 132 valence electrons. The van der Waals surface area contributed by atoms with E-state index in [1.165, 1.54) is 0 Å². The van der Waals surface area contributed by atoms with E-state index in [2.05, 4.69) is 21.2 Å².